The Labute approximate surface area is 153 Å². The average molecular weight is 355 g/mol. The highest BCUT2D eigenvalue weighted by Gasteiger charge is 2.34. The summed E-state index contributed by atoms with van der Waals surface area (Å²) in [7, 11) is 3.39. The lowest BCUT2D eigenvalue weighted by molar-refractivity contribution is -0.127. The van der Waals surface area contributed by atoms with E-state index >= 15 is 0 Å². The Kier molecular flexibility index (Phi) is 5.68. The Bertz CT molecular complexity index is 758. The van der Waals surface area contributed by atoms with Crippen LogP contribution in [0.5, 0.6) is 0 Å². The van der Waals surface area contributed by atoms with Crippen molar-refractivity contribution in [2.75, 3.05) is 33.2 Å². The molecule has 0 aliphatic carbocycles. The van der Waals surface area contributed by atoms with Gasteiger partial charge in [0.15, 0.2) is 0 Å². The second kappa shape index (κ2) is 8.14. The lowest BCUT2D eigenvalue weighted by atomic mass is 10.1. The van der Waals surface area contributed by atoms with Crippen LogP contribution < -0.4 is 5.32 Å². The molecule has 0 bridgehead atoms. The average Bonchev–Trinajstić information content (AvgIpc) is 3.11. The van der Waals surface area contributed by atoms with Crippen molar-refractivity contribution >= 4 is 11.8 Å². The fourth-order valence-electron chi connectivity index (χ4n) is 3.35. The largest absolute Gasteiger partial charge is 0.358 e. The summed E-state index contributed by atoms with van der Waals surface area (Å²) >= 11 is 0. The van der Waals surface area contributed by atoms with Crippen LogP contribution in [0.4, 0.5) is 0 Å². The summed E-state index contributed by atoms with van der Waals surface area (Å²) in [5.74, 6) is -0.137. The van der Waals surface area contributed by atoms with Gasteiger partial charge in [-0.25, -0.2) is 0 Å². The van der Waals surface area contributed by atoms with Crippen LogP contribution in [0.15, 0.2) is 42.6 Å². The van der Waals surface area contributed by atoms with E-state index < -0.39 is 0 Å². The van der Waals surface area contributed by atoms with Gasteiger partial charge in [-0.2, -0.15) is 5.10 Å². The van der Waals surface area contributed by atoms with Gasteiger partial charge in [0, 0.05) is 46.5 Å². The molecule has 138 valence electrons. The van der Waals surface area contributed by atoms with Crippen LogP contribution in [0, 0.1) is 0 Å². The molecule has 2 amide bonds. The van der Waals surface area contributed by atoms with Gasteiger partial charge < -0.3 is 10.2 Å². The minimum atomic E-state index is -0.338. The van der Waals surface area contributed by atoms with E-state index in [9.17, 15) is 9.59 Å². The Morgan fingerprint density at radius 3 is 2.62 bits per heavy atom. The van der Waals surface area contributed by atoms with E-state index in [0.29, 0.717) is 25.3 Å². The van der Waals surface area contributed by atoms with Crippen LogP contribution in [0.25, 0.3) is 0 Å². The number of carbonyl (C=O) groups excluding carboxylic acids is 2. The van der Waals surface area contributed by atoms with Crippen molar-refractivity contribution in [1.82, 2.24) is 24.9 Å². The third kappa shape index (κ3) is 3.94. The summed E-state index contributed by atoms with van der Waals surface area (Å²) in [6, 6.07) is 11.6. The molecule has 1 aliphatic heterocycles. The number of carbonyl (C=O) groups is 2. The minimum Gasteiger partial charge on any atom is -0.358 e. The Morgan fingerprint density at radius 2 is 1.96 bits per heavy atom. The number of likely N-dealkylation sites (N-methyl/N-ethyl adjacent to an activating group) is 1. The summed E-state index contributed by atoms with van der Waals surface area (Å²) in [6.07, 6.45) is 2.49. The standard InChI is InChI=1S/C19H25N5O2/c1-20-18(25)17-14-24(19(26)16-8-10-21-22(16)2)13-12-23(17)11-9-15-6-4-3-5-7-15/h3-8,10,17H,9,11-14H2,1-2H3,(H,20,25)/t17-/m0/s1. The number of benzene rings is 1. The quantitative estimate of drug-likeness (QED) is 0.850. The van der Waals surface area contributed by atoms with E-state index in [2.05, 4.69) is 27.4 Å². The van der Waals surface area contributed by atoms with Crippen LogP contribution in [-0.2, 0) is 18.3 Å². The van der Waals surface area contributed by atoms with Crippen LogP contribution in [0.3, 0.4) is 0 Å². The van der Waals surface area contributed by atoms with Crippen molar-refractivity contribution in [3.8, 4) is 0 Å². The molecular formula is C19H25N5O2. The van der Waals surface area contributed by atoms with Gasteiger partial charge in [-0.3, -0.25) is 19.2 Å². The molecule has 1 N–H and O–H groups in total. The second-order valence-corrected chi connectivity index (χ2v) is 6.49. The van der Waals surface area contributed by atoms with Crippen molar-refractivity contribution in [3.05, 3.63) is 53.9 Å². The lowest BCUT2D eigenvalue weighted by Crippen LogP contribution is -2.60. The van der Waals surface area contributed by atoms with E-state index in [1.54, 1.807) is 35.9 Å². The van der Waals surface area contributed by atoms with Crippen LogP contribution >= 0.6 is 0 Å². The van der Waals surface area contributed by atoms with Gasteiger partial charge in [0.1, 0.15) is 11.7 Å². The number of aryl methyl sites for hydroxylation is 1. The maximum atomic E-state index is 12.7. The number of hydrogen-bond donors (Lipinski definition) is 1. The molecule has 26 heavy (non-hydrogen) atoms. The summed E-state index contributed by atoms with van der Waals surface area (Å²) in [4.78, 5) is 29.1. The summed E-state index contributed by atoms with van der Waals surface area (Å²) in [5, 5.41) is 6.79. The summed E-state index contributed by atoms with van der Waals surface area (Å²) in [6.45, 7) is 2.45. The second-order valence-electron chi connectivity index (χ2n) is 6.49. The molecule has 1 aromatic heterocycles. The van der Waals surface area contributed by atoms with Gasteiger partial charge in [-0.15, -0.1) is 0 Å². The molecule has 0 radical (unpaired) electrons. The van der Waals surface area contributed by atoms with Gasteiger partial charge in [0.2, 0.25) is 5.91 Å². The van der Waals surface area contributed by atoms with E-state index in [4.69, 9.17) is 0 Å². The Hall–Kier alpha value is -2.67. The molecule has 1 aliphatic rings. The van der Waals surface area contributed by atoms with Crippen molar-refractivity contribution in [2.24, 2.45) is 7.05 Å². The zero-order chi connectivity index (χ0) is 18.5. The SMILES string of the molecule is CNC(=O)[C@@H]1CN(C(=O)c2ccnn2C)CCN1CCc1ccccc1. The molecule has 7 heteroatoms. The van der Waals surface area contributed by atoms with Crippen LogP contribution in [0.2, 0.25) is 0 Å². The molecule has 0 saturated carbocycles. The molecule has 2 aromatic rings. The molecule has 0 unspecified atom stereocenters. The van der Waals surface area contributed by atoms with Crippen molar-refractivity contribution < 1.29 is 9.59 Å². The lowest BCUT2D eigenvalue weighted by Gasteiger charge is -2.40. The highest BCUT2D eigenvalue weighted by molar-refractivity contribution is 5.93. The molecule has 1 aromatic carbocycles. The first kappa shape index (κ1) is 18.1. The van der Waals surface area contributed by atoms with Gasteiger partial charge >= 0.3 is 0 Å². The predicted octanol–water partition coefficient (Wildman–Crippen LogP) is 0.535. The van der Waals surface area contributed by atoms with Gasteiger partial charge in [-0.05, 0) is 18.1 Å². The number of hydrogen-bond acceptors (Lipinski definition) is 4. The van der Waals surface area contributed by atoms with Gasteiger partial charge in [0.05, 0.1) is 0 Å². The molecule has 2 heterocycles. The fraction of sp³-hybridized carbons (Fsp3) is 0.421. The molecule has 0 spiro atoms. The Morgan fingerprint density at radius 1 is 1.19 bits per heavy atom. The number of amides is 2. The molecular weight excluding hydrogens is 330 g/mol. The number of nitrogens with zero attached hydrogens (tertiary/aromatic N) is 4. The van der Waals surface area contributed by atoms with Crippen molar-refractivity contribution in [2.45, 2.75) is 12.5 Å². The normalized spacial score (nSPS) is 17.9. The third-order valence-electron chi connectivity index (χ3n) is 4.90. The first-order chi connectivity index (χ1) is 12.6. The van der Waals surface area contributed by atoms with Crippen LogP contribution in [-0.4, -0.2) is 70.7 Å². The van der Waals surface area contributed by atoms with E-state index in [-0.39, 0.29) is 17.9 Å². The zero-order valence-corrected chi connectivity index (χ0v) is 15.3. The zero-order valence-electron chi connectivity index (χ0n) is 15.3. The minimum absolute atomic E-state index is 0.0550. The van der Waals surface area contributed by atoms with Crippen LogP contribution in [0.1, 0.15) is 16.1 Å². The smallest absolute Gasteiger partial charge is 0.272 e. The number of aromatic nitrogens is 2. The molecule has 1 saturated heterocycles. The summed E-state index contributed by atoms with van der Waals surface area (Å²) < 4.78 is 1.57. The van der Waals surface area contributed by atoms with E-state index in [1.165, 1.54) is 5.56 Å². The molecule has 1 fully saturated rings. The fourth-order valence-corrected chi connectivity index (χ4v) is 3.35. The van der Waals surface area contributed by atoms with Crippen molar-refractivity contribution in [3.63, 3.8) is 0 Å². The highest BCUT2D eigenvalue weighted by Crippen LogP contribution is 2.15. The molecule has 1 atom stereocenters. The van der Waals surface area contributed by atoms with E-state index in [1.807, 2.05) is 18.2 Å². The monoisotopic (exact) mass is 355 g/mol. The Balaban J connectivity index is 1.68. The third-order valence-corrected chi connectivity index (χ3v) is 4.90. The van der Waals surface area contributed by atoms with Gasteiger partial charge in [0.25, 0.3) is 5.91 Å². The maximum Gasteiger partial charge on any atom is 0.272 e. The van der Waals surface area contributed by atoms with Gasteiger partial charge in [-0.1, -0.05) is 30.3 Å². The topological polar surface area (TPSA) is 70.5 Å². The number of rotatable bonds is 5. The summed E-state index contributed by atoms with van der Waals surface area (Å²) in [5.41, 5.74) is 1.79. The number of nitrogens with one attached hydrogen (secondary N) is 1. The molecule has 3 rings (SSSR count). The maximum absolute atomic E-state index is 12.7. The first-order valence-corrected chi connectivity index (χ1v) is 8.87. The highest BCUT2D eigenvalue weighted by atomic mass is 16.2. The van der Waals surface area contributed by atoms with E-state index in [0.717, 1.165) is 13.0 Å². The van der Waals surface area contributed by atoms with Crippen molar-refractivity contribution in [1.29, 1.82) is 0 Å². The first-order valence-electron chi connectivity index (χ1n) is 8.87. The predicted molar refractivity (Wildman–Crippen MR) is 98.7 cm³/mol. The molecule has 7 nitrogen and oxygen atoms in total. The number of piperazine rings is 1.